The van der Waals surface area contributed by atoms with Gasteiger partial charge < -0.3 is 9.13 Å². The molecule has 0 N–H and O–H groups in total. The first-order valence-corrected chi connectivity index (χ1v) is 21.7. The van der Waals surface area contributed by atoms with Crippen LogP contribution in [0.25, 0.3) is 83.5 Å². The Balaban J connectivity index is 0.916. The lowest BCUT2D eigenvalue weighted by Gasteiger charge is -2.34. The van der Waals surface area contributed by atoms with Crippen LogP contribution in [-0.2, 0) is 5.41 Å². The number of benzene rings is 9. The zero-order valence-corrected chi connectivity index (χ0v) is 34.7. The molecule has 0 saturated heterocycles. The SMILES string of the molecule is C=C/C=C\c1cc2ccccc2n1-c1ccc(-c2ccc(C3(c4ccc(-c5ccc(-n6c7ccccc7c7ccccc76)cc5)cc4)c4ccccc4-c4ccccc43)cc2)cc1. The van der Waals surface area contributed by atoms with E-state index in [-0.39, 0.29) is 0 Å². The standard InChI is InChI=1S/C61H42N2/c1-2-3-15-51-41-46-14-4-11-22-58(46)62(51)49-37-29-44(30-38-49)42-25-33-47(34-26-42)61(56-20-9-5-16-52(56)53-17-6-10-21-57(53)61)48-35-27-43(28-36-48)45-31-39-50(40-32-45)63-59-23-12-7-18-54(59)55-19-8-13-24-60(55)63/h2-41H,1H2/b15-3-. The molecule has 9 aromatic carbocycles. The molecule has 1 aliphatic rings. The summed E-state index contributed by atoms with van der Waals surface area (Å²) < 4.78 is 4.69. The van der Waals surface area contributed by atoms with E-state index in [2.05, 4.69) is 246 Å². The van der Waals surface area contributed by atoms with Gasteiger partial charge in [0.1, 0.15) is 0 Å². The second-order valence-corrected chi connectivity index (χ2v) is 16.5. The Kier molecular flexibility index (Phi) is 8.58. The van der Waals surface area contributed by atoms with Crippen molar-refractivity contribution in [2.75, 3.05) is 0 Å². The Hall–Kier alpha value is -8.20. The lowest BCUT2D eigenvalue weighted by atomic mass is 9.67. The van der Waals surface area contributed by atoms with Crippen LogP contribution in [0.4, 0.5) is 0 Å². The average Bonchev–Trinajstić information content (AvgIpc) is 4.00. The monoisotopic (exact) mass is 802 g/mol. The number of nitrogens with zero attached hydrogens (tertiary/aromatic N) is 2. The van der Waals surface area contributed by atoms with Crippen molar-refractivity contribution in [3.05, 3.63) is 271 Å². The van der Waals surface area contributed by atoms with Crippen LogP contribution in [0.15, 0.2) is 243 Å². The van der Waals surface area contributed by atoms with Gasteiger partial charge in [0.05, 0.1) is 22.0 Å². The predicted molar refractivity (Wildman–Crippen MR) is 265 cm³/mol. The van der Waals surface area contributed by atoms with Crippen LogP contribution >= 0.6 is 0 Å². The summed E-state index contributed by atoms with van der Waals surface area (Å²) in [7, 11) is 0. The summed E-state index contributed by atoms with van der Waals surface area (Å²) in [6.45, 7) is 3.89. The minimum atomic E-state index is -0.487. The van der Waals surface area contributed by atoms with Gasteiger partial charge in [-0.15, -0.1) is 0 Å². The molecule has 0 aliphatic heterocycles. The largest absolute Gasteiger partial charge is 0.310 e. The van der Waals surface area contributed by atoms with Crippen molar-refractivity contribution in [3.8, 4) is 44.8 Å². The van der Waals surface area contributed by atoms with Crippen molar-refractivity contribution in [2.24, 2.45) is 0 Å². The topological polar surface area (TPSA) is 9.86 Å². The first-order valence-electron chi connectivity index (χ1n) is 21.7. The maximum atomic E-state index is 3.89. The fraction of sp³-hybridized carbons (Fsp3) is 0.0164. The fourth-order valence-corrected chi connectivity index (χ4v) is 10.4. The van der Waals surface area contributed by atoms with Crippen molar-refractivity contribution in [1.29, 1.82) is 0 Å². The molecule has 0 bridgehead atoms. The molecule has 0 saturated carbocycles. The molecule has 296 valence electrons. The molecule has 1 aliphatic carbocycles. The van der Waals surface area contributed by atoms with Crippen LogP contribution in [0.1, 0.15) is 27.9 Å². The molecule has 0 fully saturated rings. The molecule has 0 radical (unpaired) electrons. The van der Waals surface area contributed by atoms with Gasteiger partial charge in [0.15, 0.2) is 0 Å². The second kappa shape index (κ2) is 14.8. The molecule has 0 unspecified atom stereocenters. The third-order valence-electron chi connectivity index (χ3n) is 13.2. The van der Waals surface area contributed by atoms with Gasteiger partial charge in [-0.3, -0.25) is 0 Å². The summed E-state index contributed by atoms with van der Waals surface area (Å²) >= 11 is 0. The summed E-state index contributed by atoms with van der Waals surface area (Å²) in [5.41, 5.74) is 19.0. The van der Waals surface area contributed by atoms with Gasteiger partial charge in [0.25, 0.3) is 0 Å². The number of hydrogen-bond acceptors (Lipinski definition) is 0. The third-order valence-corrected chi connectivity index (χ3v) is 13.2. The Morgan fingerprint density at radius 2 is 0.794 bits per heavy atom. The summed E-state index contributed by atoms with van der Waals surface area (Å²) in [6.07, 6.45) is 5.94. The molecule has 2 heterocycles. The Morgan fingerprint density at radius 1 is 0.381 bits per heavy atom. The number of para-hydroxylation sites is 3. The fourth-order valence-electron chi connectivity index (χ4n) is 10.4. The van der Waals surface area contributed by atoms with Crippen LogP contribution in [-0.4, -0.2) is 9.13 Å². The van der Waals surface area contributed by atoms with E-state index in [4.69, 9.17) is 0 Å². The van der Waals surface area contributed by atoms with Gasteiger partial charge in [-0.1, -0.05) is 195 Å². The van der Waals surface area contributed by atoms with E-state index in [0.29, 0.717) is 0 Å². The first kappa shape index (κ1) is 36.6. The molecule has 2 aromatic heterocycles. The van der Waals surface area contributed by atoms with Gasteiger partial charge in [-0.25, -0.2) is 0 Å². The predicted octanol–water partition coefficient (Wildman–Crippen LogP) is 15.6. The minimum Gasteiger partial charge on any atom is -0.310 e. The molecule has 11 aromatic rings. The Morgan fingerprint density at radius 3 is 1.30 bits per heavy atom. The molecular formula is C61H42N2. The minimum absolute atomic E-state index is 0.487. The van der Waals surface area contributed by atoms with Gasteiger partial charge in [-0.05, 0) is 110 Å². The van der Waals surface area contributed by atoms with Crippen LogP contribution in [0, 0.1) is 0 Å². The highest BCUT2D eigenvalue weighted by molar-refractivity contribution is 6.09. The highest BCUT2D eigenvalue weighted by atomic mass is 15.0. The maximum absolute atomic E-state index is 3.89. The van der Waals surface area contributed by atoms with E-state index in [1.165, 1.54) is 88.3 Å². The Bertz CT molecular complexity index is 3440. The Labute approximate surface area is 367 Å². The van der Waals surface area contributed by atoms with Crippen LogP contribution in [0.2, 0.25) is 0 Å². The van der Waals surface area contributed by atoms with E-state index >= 15 is 0 Å². The van der Waals surface area contributed by atoms with Gasteiger partial charge in [0, 0.05) is 33.2 Å². The van der Waals surface area contributed by atoms with E-state index < -0.39 is 5.41 Å². The van der Waals surface area contributed by atoms with E-state index in [9.17, 15) is 0 Å². The smallest absolute Gasteiger partial charge is 0.0713 e. The van der Waals surface area contributed by atoms with Gasteiger partial charge in [0.2, 0.25) is 0 Å². The second-order valence-electron chi connectivity index (χ2n) is 16.5. The summed E-state index contributed by atoms with van der Waals surface area (Å²) in [5, 5.41) is 3.76. The quantitative estimate of drug-likeness (QED) is 0.135. The number of hydrogen-bond donors (Lipinski definition) is 0. The van der Waals surface area contributed by atoms with E-state index in [1.54, 1.807) is 0 Å². The van der Waals surface area contributed by atoms with Crippen molar-refractivity contribution in [3.63, 3.8) is 0 Å². The molecular weight excluding hydrogens is 761 g/mol. The highest BCUT2D eigenvalue weighted by Gasteiger charge is 2.45. The number of allylic oxidation sites excluding steroid dienone is 2. The van der Waals surface area contributed by atoms with Crippen molar-refractivity contribution in [2.45, 2.75) is 5.41 Å². The van der Waals surface area contributed by atoms with E-state index in [1.807, 2.05) is 12.2 Å². The maximum Gasteiger partial charge on any atom is 0.0713 e. The molecule has 63 heavy (non-hydrogen) atoms. The van der Waals surface area contributed by atoms with Gasteiger partial charge >= 0.3 is 0 Å². The zero-order valence-electron chi connectivity index (χ0n) is 34.7. The van der Waals surface area contributed by atoms with Gasteiger partial charge in [-0.2, -0.15) is 0 Å². The average molecular weight is 803 g/mol. The third kappa shape index (κ3) is 5.72. The summed E-state index contributed by atoms with van der Waals surface area (Å²) in [5.74, 6) is 0. The van der Waals surface area contributed by atoms with Crippen LogP contribution < -0.4 is 0 Å². The molecule has 0 spiro atoms. The number of fused-ring (bicyclic) bond motifs is 7. The zero-order chi connectivity index (χ0) is 41.9. The molecule has 0 amide bonds. The highest BCUT2D eigenvalue weighted by Crippen LogP contribution is 2.56. The van der Waals surface area contributed by atoms with Crippen molar-refractivity contribution in [1.82, 2.24) is 9.13 Å². The number of rotatable bonds is 8. The normalized spacial score (nSPS) is 12.9. The van der Waals surface area contributed by atoms with Crippen molar-refractivity contribution >= 4 is 38.8 Å². The molecule has 12 rings (SSSR count). The summed E-state index contributed by atoms with van der Waals surface area (Å²) in [4.78, 5) is 0. The summed E-state index contributed by atoms with van der Waals surface area (Å²) in [6, 6.07) is 82.6. The van der Waals surface area contributed by atoms with Crippen molar-refractivity contribution < 1.29 is 0 Å². The lowest BCUT2D eigenvalue weighted by molar-refractivity contribution is 0.769. The number of aromatic nitrogens is 2. The first-order chi connectivity index (χ1) is 31.2. The lowest BCUT2D eigenvalue weighted by Crippen LogP contribution is -2.28. The van der Waals surface area contributed by atoms with E-state index in [0.717, 1.165) is 17.1 Å². The molecule has 2 nitrogen and oxygen atoms in total. The molecule has 0 atom stereocenters. The van der Waals surface area contributed by atoms with Crippen LogP contribution in [0.3, 0.4) is 0 Å². The van der Waals surface area contributed by atoms with Crippen LogP contribution in [0.5, 0.6) is 0 Å². The molecule has 2 heteroatoms.